The first-order valence-corrected chi connectivity index (χ1v) is 7.72. The number of hydrogen-bond acceptors (Lipinski definition) is 6. The zero-order chi connectivity index (χ0) is 19.8. The van der Waals surface area contributed by atoms with E-state index < -0.39 is 11.9 Å². The third kappa shape index (κ3) is 4.99. The lowest BCUT2D eigenvalue weighted by Gasteiger charge is -2.10. The maximum atomic E-state index is 12.2. The molecular formula is C19H17N3O5. The monoisotopic (exact) mass is 367 g/mol. The number of rotatable bonds is 7. The van der Waals surface area contributed by atoms with Crippen molar-refractivity contribution in [1.82, 2.24) is 0 Å². The van der Waals surface area contributed by atoms with Crippen LogP contribution < -0.4 is 20.1 Å². The van der Waals surface area contributed by atoms with Crippen LogP contribution in [0.3, 0.4) is 0 Å². The zero-order valence-electron chi connectivity index (χ0n) is 14.6. The van der Waals surface area contributed by atoms with E-state index in [0.717, 1.165) is 0 Å². The molecule has 3 N–H and O–H groups in total. The number of nitrogens with one attached hydrogen (secondary N) is 2. The van der Waals surface area contributed by atoms with Crippen molar-refractivity contribution in [3.8, 4) is 17.6 Å². The van der Waals surface area contributed by atoms with Gasteiger partial charge in [0.05, 0.1) is 19.8 Å². The number of anilines is 2. The zero-order valence-corrected chi connectivity index (χ0v) is 14.6. The first-order chi connectivity index (χ1) is 13.0. The van der Waals surface area contributed by atoms with Gasteiger partial charge in [-0.2, -0.15) is 5.26 Å². The summed E-state index contributed by atoms with van der Waals surface area (Å²) >= 11 is 0. The van der Waals surface area contributed by atoms with Crippen molar-refractivity contribution < 1.29 is 24.2 Å². The molecule has 0 saturated carbocycles. The van der Waals surface area contributed by atoms with Crippen LogP contribution in [-0.4, -0.2) is 31.2 Å². The van der Waals surface area contributed by atoms with Gasteiger partial charge in [0.1, 0.15) is 11.6 Å². The van der Waals surface area contributed by atoms with Gasteiger partial charge in [0.15, 0.2) is 11.5 Å². The molecule has 2 aromatic carbocycles. The molecule has 8 nitrogen and oxygen atoms in total. The van der Waals surface area contributed by atoms with Crippen molar-refractivity contribution in [2.75, 3.05) is 24.9 Å². The normalized spacial score (nSPS) is 10.5. The molecule has 1 amide bonds. The van der Waals surface area contributed by atoms with Crippen LogP contribution in [0.5, 0.6) is 11.5 Å². The van der Waals surface area contributed by atoms with E-state index in [9.17, 15) is 14.9 Å². The van der Waals surface area contributed by atoms with Crippen molar-refractivity contribution in [1.29, 1.82) is 5.26 Å². The van der Waals surface area contributed by atoms with Crippen LogP contribution in [0.2, 0.25) is 0 Å². The third-order valence-corrected chi connectivity index (χ3v) is 3.50. The molecule has 0 fully saturated rings. The molecule has 0 unspecified atom stereocenters. The standard InChI is InChI=1S/C19H17N3O5/c1-26-16-7-6-14(9-17(16)27-2)21-11-13(10-20)18(23)22-15-5-3-4-12(8-15)19(24)25/h3-9,11,21H,1-2H3,(H,22,23)(H,24,25)/b13-11-. The Hall–Kier alpha value is -3.99. The third-order valence-electron chi connectivity index (χ3n) is 3.50. The molecule has 0 saturated heterocycles. The first-order valence-electron chi connectivity index (χ1n) is 7.72. The summed E-state index contributed by atoms with van der Waals surface area (Å²) in [4.78, 5) is 23.2. The Morgan fingerprint density at radius 3 is 2.44 bits per heavy atom. The van der Waals surface area contributed by atoms with E-state index in [1.54, 1.807) is 24.3 Å². The summed E-state index contributed by atoms with van der Waals surface area (Å²) in [6, 6.07) is 12.5. The van der Waals surface area contributed by atoms with Gasteiger partial charge in [-0.15, -0.1) is 0 Å². The van der Waals surface area contributed by atoms with Crippen LogP contribution in [0, 0.1) is 11.3 Å². The average Bonchev–Trinajstić information content (AvgIpc) is 2.68. The van der Waals surface area contributed by atoms with Crippen LogP contribution in [0.4, 0.5) is 11.4 Å². The number of ether oxygens (including phenoxy) is 2. The van der Waals surface area contributed by atoms with Gasteiger partial charge in [-0.05, 0) is 30.3 Å². The molecule has 138 valence electrons. The molecule has 2 rings (SSSR count). The fourth-order valence-corrected chi connectivity index (χ4v) is 2.16. The van der Waals surface area contributed by atoms with E-state index in [1.807, 2.05) is 0 Å². The second-order valence-corrected chi connectivity index (χ2v) is 5.22. The topological polar surface area (TPSA) is 121 Å². The summed E-state index contributed by atoms with van der Waals surface area (Å²) in [5, 5.41) is 23.5. The molecule has 0 heterocycles. The van der Waals surface area contributed by atoms with Gasteiger partial charge in [-0.25, -0.2) is 4.79 Å². The molecule has 0 spiro atoms. The predicted molar refractivity (Wildman–Crippen MR) is 98.9 cm³/mol. The number of carbonyl (C=O) groups is 2. The predicted octanol–water partition coefficient (Wildman–Crippen LogP) is 2.86. The Morgan fingerprint density at radius 1 is 1.07 bits per heavy atom. The highest BCUT2D eigenvalue weighted by atomic mass is 16.5. The Bertz CT molecular complexity index is 931. The number of amides is 1. The fraction of sp³-hybridized carbons (Fsp3) is 0.105. The number of nitrogens with zero attached hydrogens (tertiary/aromatic N) is 1. The number of carboxylic acids is 1. The lowest BCUT2D eigenvalue weighted by atomic mass is 10.2. The maximum Gasteiger partial charge on any atom is 0.335 e. The quantitative estimate of drug-likeness (QED) is 0.508. The Labute approximate surface area is 155 Å². The summed E-state index contributed by atoms with van der Waals surface area (Å²) in [7, 11) is 3.01. The lowest BCUT2D eigenvalue weighted by molar-refractivity contribution is -0.112. The summed E-state index contributed by atoms with van der Waals surface area (Å²) in [6.45, 7) is 0. The van der Waals surface area contributed by atoms with Crippen molar-refractivity contribution in [3.05, 3.63) is 59.8 Å². The van der Waals surface area contributed by atoms with Crippen LogP contribution in [0.15, 0.2) is 54.2 Å². The van der Waals surface area contributed by atoms with Gasteiger partial charge in [-0.1, -0.05) is 6.07 Å². The van der Waals surface area contributed by atoms with Crippen LogP contribution in [0.1, 0.15) is 10.4 Å². The number of benzene rings is 2. The van der Waals surface area contributed by atoms with Crippen LogP contribution in [0.25, 0.3) is 0 Å². The SMILES string of the molecule is COc1ccc(N/C=C(/C#N)C(=O)Nc2cccc(C(=O)O)c2)cc1OC. The second-order valence-electron chi connectivity index (χ2n) is 5.22. The second kappa shape index (κ2) is 8.92. The van der Waals surface area contributed by atoms with Gasteiger partial charge in [0.2, 0.25) is 0 Å². The minimum absolute atomic E-state index is 0.0266. The molecule has 8 heteroatoms. The summed E-state index contributed by atoms with van der Waals surface area (Å²) in [6.07, 6.45) is 1.25. The largest absolute Gasteiger partial charge is 0.493 e. The minimum Gasteiger partial charge on any atom is -0.493 e. The van der Waals surface area contributed by atoms with Crippen LogP contribution >= 0.6 is 0 Å². The van der Waals surface area contributed by atoms with Crippen LogP contribution in [-0.2, 0) is 4.79 Å². The molecular weight excluding hydrogens is 350 g/mol. The maximum absolute atomic E-state index is 12.2. The van der Waals surface area contributed by atoms with Gasteiger partial charge in [-0.3, -0.25) is 4.79 Å². The Balaban J connectivity index is 2.14. The van der Waals surface area contributed by atoms with E-state index in [2.05, 4.69) is 10.6 Å². The highest BCUT2D eigenvalue weighted by Gasteiger charge is 2.11. The average molecular weight is 367 g/mol. The van der Waals surface area contributed by atoms with Gasteiger partial charge >= 0.3 is 5.97 Å². The number of aromatic carboxylic acids is 1. The lowest BCUT2D eigenvalue weighted by Crippen LogP contribution is -2.15. The number of nitriles is 1. The van der Waals surface area contributed by atoms with E-state index in [0.29, 0.717) is 17.2 Å². The van der Waals surface area contributed by atoms with E-state index in [-0.39, 0.29) is 16.8 Å². The highest BCUT2D eigenvalue weighted by molar-refractivity contribution is 6.07. The van der Waals surface area contributed by atoms with Gasteiger partial charge < -0.3 is 25.2 Å². The van der Waals surface area contributed by atoms with E-state index in [4.69, 9.17) is 14.6 Å². The number of carbonyl (C=O) groups excluding carboxylic acids is 1. The molecule has 0 bridgehead atoms. The van der Waals surface area contributed by atoms with E-state index >= 15 is 0 Å². The summed E-state index contributed by atoms with van der Waals surface area (Å²) in [5.41, 5.74) is 0.692. The van der Waals surface area contributed by atoms with Crippen molar-refractivity contribution in [2.24, 2.45) is 0 Å². The van der Waals surface area contributed by atoms with E-state index in [1.165, 1.54) is 44.7 Å². The molecule has 0 aliphatic rings. The molecule has 0 aromatic heterocycles. The smallest absolute Gasteiger partial charge is 0.335 e. The van der Waals surface area contributed by atoms with Gasteiger partial charge in [0, 0.05) is 23.6 Å². The summed E-state index contributed by atoms with van der Waals surface area (Å²) < 4.78 is 10.3. The van der Waals surface area contributed by atoms with Crippen molar-refractivity contribution in [3.63, 3.8) is 0 Å². The summed E-state index contributed by atoms with van der Waals surface area (Å²) in [5.74, 6) is -0.752. The fourth-order valence-electron chi connectivity index (χ4n) is 2.16. The Kier molecular flexibility index (Phi) is 6.39. The van der Waals surface area contributed by atoms with Gasteiger partial charge in [0.25, 0.3) is 5.91 Å². The first kappa shape index (κ1) is 19.3. The highest BCUT2D eigenvalue weighted by Crippen LogP contribution is 2.29. The van der Waals surface area contributed by atoms with Crippen molar-refractivity contribution >= 4 is 23.3 Å². The van der Waals surface area contributed by atoms with Crippen molar-refractivity contribution in [2.45, 2.75) is 0 Å². The molecule has 0 atom stereocenters. The molecule has 0 radical (unpaired) electrons. The Morgan fingerprint density at radius 2 is 1.81 bits per heavy atom. The number of carboxylic acid groups (broad SMARTS) is 1. The molecule has 2 aromatic rings. The molecule has 27 heavy (non-hydrogen) atoms. The minimum atomic E-state index is -1.11. The molecule has 0 aliphatic heterocycles. The number of hydrogen-bond donors (Lipinski definition) is 3. The number of methoxy groups -OCH3 is 2. The molecule has 0 aliphatic carbocycles.